The Kier molecular flexibility index (Phi) is 7.23. The Bertz CT molecular complexity index is 117. The third kappa shape index (κ3) is 5.24. The molecule has 0 saturated heterocycles. The van der Waals surface area contributed by atoms with E-state index in [0.717, 1.165) is 25.7 Å². The minimum absolute atomic E-state index is 0.0636. The quantitative estimate of drug-likeness (QED) is 0.523. The van der Waals surface area contributed by atoms with Crippen molar-refractivity contribution in [1.82, 2.24) is 0 Å². The summed E-state index contributed by atoms with van der Waals surface area (Å²) in [5.74, 6) is 0.0636. The van der Waals surface area contributed by atoms with Crippen molar-refractivity contribution in [3.05, 3.63) is 0 Å². The molecule has 3 unspecified atom stereocenters. The molecule has 0 aromatic carbocycles. The molecule has 0 aliphatic heterocycles. The Morgan fingerprint density at radius 2 is 1.77 bits per heavy atom. The van der Waals surface area contributed by atoms with Crippen molar-refractivity contribution in [2.24, 2.45) is 5.92 Å². The highest BCUT2D eigenvalue weighted by atomic mass is 16.4. The zero-order valence-electron chi connectivity index (χ0n) is 8.61. The van der Waals surface area contributed by atoms with E-state index in [1.165, 1.54) is 0 Å². The zero-order chi connectivity index (χ0) is 10.3. The summed E-state index contributed by atoms with van der Waals surface area (Å²) >= 11 is 0. The maximum absolute atomic E-state index is 9.48. The van der Waals surface area contributed by atoms with Crippen LogP contribution < -0.4 is 0 Å². The van der Waals surface area contributed by atoms with E-state index in [9.17, 15) is 5.11 Å². The predicted molar refractivity (Wildman–Crippen MR) is 52.4 cm³/mol. The van der Waals surface area contributed by atoms with Crippen LogP contribution in [0.4, 0.5) is 0 Å². The van der Waals surface area contributed by atoms with E-state index in [-0.39, 0.29) is 12.5 Å². The van der Waals surface area contributed by atoms with Gasteiger partial charge in [0.15, 0.2) is 0 Å². The van der Waals surface area contributed by atoms with Gasteiger partial charge in [-0.3, -0.25) is 0 Å². The molecule has 0 fully saturated rings. The summed E-state index contributed by atoms with van der Waals surface area (Å²) in [6.45, 7) is 3.67. The zero-order valence-corrected chi connectivity index (χ0v) is 8.61. The molecule has 80 valence electrons. The molecule has 0 amide bonds. The van der Waals surface area contributed by atoms with E-state index < -0.39 is 12.2 Å². The van der Waals surface area contributed by atoms with Gasteiger partial charge in [0.2, 0.25) is 0 Å². The van der Waals surface area contributed by atoms with Crippen LogP contribution in [0.25, 0.3) is 0 Å². The van der Waals surface area contributed by atoms with E-state index in [4.69, 9.17) is 10.2 Å². The molecule has 3 N–H and O–H groups in total. The first-order valence-electron chi connectivity index (χ1n) is 5.10. The topological polar surface area (TPSA) is 60.7 Å². The first kappa shape index (κ1) is 12.9. The van der Waals surface area contributed by atoms with Crippen molar-refractivity contribution >= 4 is 0 Å². The molecule has 0 aromatic rings. The largest absolute Gasteiger partial charge is 0.394 e. The molecule has 13 heavy (non-hydrogen) atoms. The monoisotopic (exact) mass is 190 g/mol. The van der Waals surface area contributed by atoms with Gasteiger partial charge in [-0.05, 0) is 12.3 Å². The lowest BCUT2D eigenvalue weighted by molar-refractivity contribution is -0.0412. The van der Waals surface area contributed by atoms with Crippen molar-refractivity contribution in [1.29, 1.82) is 0 Å². The average molecular weight is 190 g/mol. The maximum atomic E-state index is 9.48. The minimum Gasteiger partial charge on any atom is -0.394 e. The van der Waals surface area contributed by atoms with Crippen LogP contribution in [0, 0.1) is 5.92 Å². The van der Waals surface area contributed by atoms with Gasteiger partial charge in [-0.15, -0.1) is 0 Å². The van der Waals surface area contributed by atoms with E-state index in [0.29, 0.717) is 0 Å². The summed E-state index contributed by atoms with van der Waals surface area (Å²) in [4.78, 5) is 0. The second-order valence-electron chi connectivity index (χ2n) is 3.71. The van der Waals surface area contributed by atoms with Crippen LogP contribution in [-0.2, 0) is 0 Å². The lowest BCUT2D eigenvalue weighted by Gasteiger charge is -2.22. The molecule has 0 spiro atoms. The lowest BCUT2D eigenvalue weighted by Crippen LogP contribution is -2.34. The summed E-state index contributed by atoms with van der Waals surface area (Å²) in [6.07, 6.45) is 2.52. The van der Waals surface area contributed by atoms with Crippen LogP contribution in [0.5, 0.6) is 0 Å². The number of hydrogen-bond acceptors (Lipinski definition) is 3. The number of hydrogen-bond donors (Lipinski definition) is 3. The lowest BCUT2D eigenvalue weighted by atomic mass is 9.94. The first-order valence-corrected chi connectivity index (χ1v) is 5.10. The molecule has 0 radical (unpaired) electrons. The second-order valence-corrected chi connectivity index (χ2v) is 3.71. The Hall–Kier alpha value is -0.120. The fourth-order valence-corrected chi connectivity index (χ4v) is 1.37. The van der Waals surface area contributed by atoms with Gasteiger partial charge in [-0.2, -0.15) is 0 Å². The van der Waals surface area contributed by atoms with Gasteiger partial charge in [-0.1, -0.05) is 33.1 Å². The van der Waals surface area contributed by atoms with Gasteiger partial charge in [0.05, 0.1) is 12.7 Å². The van der Waals surface area contributed by atoms with Crippen molar-refractivity contribution in [3.8, 4) is 0 Å². The highest BCUT2D eigenvalue weighted by Crippen LogP contribution is 2.15. The third-order valence-electron chi connectivity index (χ3n) is 2.43. The molecule has 3 atom stereocenters. The summed E-state index contributed by atoms with van der Waals surface area (Å²) in [7, 11) is 0. The first-order chi connectivity index (χ1) is 6.13. The number of unbranched alkanes of at least 4 members (excludes halogenated alkanes) is 2. The molecule has 0 saturated carbocycles. The van der Waals surface area contributed by atoms with E-state index in [1.54, 1.807) is 0 Å². The molecule has 0 bridgehead atoms. The number of aliphatic hydroxyl groups excluding tert-OH is 3. The normalized spacial score (nSPS) is 18.2. The predicted octanol–water partition coefficient (Wildman–Crippen LogP) is 0.917. The molecular weight excluding hydrogens is 168 g/mol. The van der Waals surface area contributed by atoms with Crippen LogP contribution in [0.2, 0.25) is 0 Å². The highest BCUT2D eigenvalue weighted by Gasteiger charge is 2.21. The van der Waals surface area contributed by atoms with Crippen molar-refractivity contribution in [3.63, 3.8) is 0 Å². The molecule has 0 aliphatic rings. The van der Waals surface area contributed by atoms with Crippen LogP contribution >= 0.6 is 0 Å². The van der Waals surface area contributed by atoms with Gasteiger partial charge in [0.1, 0.15) is 6.10 Å². The Morgan fingerprint density at radius 3 is 2.23 bits per heavy atom. The standard InChI is InChI=1S/C10H22O3/c1-3-4-5-6-8(2)10(13)9(12)7-11/h8-13H,3-7H2,1-2H3. The van der Waals surface area contributed by atoms with Crippen molar-refractivity contribution < 1.29 is 15.3 Å². The summed E-state index contributed by atoms with van der Waals surface area (Å²) in [5.41, 5.74) is 0. The Balaban J connectivity index is 3.62. The average Bonchev–Trinajstić information content (AvgIpc) is 2.15. The number of aliphatic hydroxyl groups is 3. The molecule has 3 heteroatoms. The molecule has 0 rings (SSSR count). The maximum Gasteiger partial charge on any atom is 0.103 e. The van der Waals surface area contributed by atoms with Crippen molar-refractivity contribution in [2.45, 2.75) is 51.7 Å². The molecule has 0 aliphatic carbocycles. The van der Waals surface area contributed by atoms with E-state index in [2.05, 4.69) is 6.92 Å². The molecular formula is C10H22O3. The molecule has 0 aromatic heterocycles. The van der Waals surface area contributed by atoms with Gasteiger partial charge in [-0.25, -0.2) is 0 Å². The van der Waals surface area contributed by atoms with E-state index >= 15 is 0 Å². The fraction of sp³-hybridized carbons (Fsp3) is 1.00. The summed E-state index contributed by atoms with van der Waals surface area (Å²) < 4.78 is 0. The second kappa shape index (κ2) is 7.30. The van der Waals surface area contributed by atoms with Gasteiger partial charge in [0.25, 0.3) is 0 Å². The third-order valence-corrected chi connectivity index (χ3v) is 2.43. The van der Waals surface area contributed by atoms with Gasteiger partial charge in [0, 0.05) is 0 Å². The van der Waals surface area contributed by atoms with Gasteiger partial charge >= 0.3 is 0 Å². The highest BCUT2D eigenvalue weighted by molar-refractivity contribution is 4.72. The Labute approximate surface area is 80.4 Å². The van der Waals surface area contributed by atoms with Crippen LogP contribution in [0.1, 0.15) is 39.5 Å². The number of rotatable bonds is 7. The SMILES string of the molecule is CCCCCC(C)C(O)C(O)CO. The van der Waals surface area contributed by atoms with Gasteiger partial charge < -0.3 is 15.3 Å². The Morgan fingerprint density at radius 1 is 1.15 bits per heavy atom. The molecule has 0 heterocycles. The van der Waals surface area contributed by atoms with E-state index in [1.807, 2.05) is 6.92 Å². The van der Waals surface area contributed by atoms with Crippen LogP contribution in [0.3, 0.4) is 0 Å². The summed E-state index contributed by atoms with van der Waals surface area (Å²) in [6, 6.07) is 0. The van der Waals surface area contributed by atoms with Crippen LogP contribution in [0.15, 0.2) is 0 Å². The van der Waals surface area contributed by atoms with Crippen molar-refractivity contribution in [2.75, 3.05) is 6.61 Å². The fourth-order valence-electron chi connectivity index (χ4n) is 1.37. The summed E-state index contributed by atoms with van der Waals surface area (Å²) in [5, 5.41) is 27.2. The smallest absolute Gasteiger partial charge is 0.103 e. The molecule has 3 nitrogen and oxygen atoms in total. The minimum atomic E-state index is -0.989. The van der Waals surface area contributed by atoms with Crippen LogP contribution in [-0.4, -0.2) is 34.1 Å².